The molecule has 0 N–H and O–H groups in total. The lowest BCUT2D eigenvalue weighted by atomic mass is 10.1. The first-order valence-electron chi connectivity index (χ1n) is 18.2. The number of hydrogen-bond donors (Lipinski definition) is 0. The van der Waals surface area contributed by atoms with Gasteiger partial charge >= 0.3 is 0 Å². The third-order valence-corrected chi connectivity index (χ3v) is 10.6. The molecule has 0 fully saturated rings. The lowest BCUT2D eigenvalue weighted by molar-refractivity contribution is 1.07. The molecular formula is C49H31N5. The van der Waals surface area contributed by atoms with Crippen LogP contribution in [0.2, 0.25) is 0 Å². The Morgan fingerprint density at radius 2 is 0.870 bits per heavy atom. The standard InChI is InChI=1S/C49H31N5/c1-3-15-33(16-4-1)47-50-48(52-49(51-47)41-22-13-25-44-45(41)40-21-10-12-24-43(40)53(44)35-17-5-2-6-18-35)34-26-29-36(30-27-34)54-42-23-11-9-20-38(42)39-31-28-32-14-7-8-19-37(32)46(39)54/h1-31H. The van der Waals surface area contributed by atoms with Crippen LogP contribution in [0.5, 0.6) is 0 Å². The minimum Gasteiger partial charge on any atom is -0.309 e. The molecule has 11 rings (SSSR count). The predicted octanol–water partition coefficient (Wildman–Crippen LogP) is 12.2. The largest absolute Gasteiger partial charge is 0.309 e. The van der Waals surface area contributed by atoms with Gasteiger partial charge in [0.2, 0.25) is 0 Å². The van der Waals surface area contributed by atoms with E-state index in [9.17, 15) is 0 Å². The van der Waals surface area contributed by atoms with Crippen molar-refractivity contribution in [2.45, 2.75) is 0 Å². The monoisotopic (exact) mass is 689 g/mol. The van der Waals surface area contributed by atoms with E-state index < -0.39 is 0 Å². The van der Waals surface area contributed by atoms with E-state index in [1.54, 1.807) is 0 Å². The molecule has 54 heavy (non-hydrogen) atoms. The van der Waals surface area contributed by atoms with Gasteiger partial charge in [-0.05, 0) is 60.0 Å². The fourth-order valence-corrected chi connectivity index (χ4v) is 8.16. The number of nitrogens with zero attached hydrogens (tertiary/aromatic N) is 5. The summed E-state index contributed by atoms with van der Waals surface area (Å²) in [5.41, 5.74) is 9.64. The molecule has 0 saturated carbocycles. The van der Waals surface area contributed by atoms with Crippen molar-refractivity contribution in [2.24, 2.45) is 0 Å². The van der Waals surface area contributed by atoms with Crippen molar-refractivity contribution in [3.05, 3.63) is 188 Å². The summed E-state index contributed by atoms with van der Waals surface area (Å²) in [6.45, 7) is 0. The van der Waals surface area contributed by atoms with Gasteiger partial charge in [0.15, 0.2) is 17.5 Å². The topological polar surface area (TPSA) is 48.5 Å². The van der Waals surface area contributed by atoms with Crippen LogP contribution in [0.3, 0.4) is 0 Å². The molecule has 8 aromatic carbocycles. The minimum atomic E-state index is 0.627. The van der Waals surface area contributed by atoms with Gasteiger partial charge in [-0.15, -0.1) is 0 Å². The van der Waals surface area contributed by atoms with Crippen LogP contribution < -0.4 is 0 Å². The zero-order valence-corrected chi connectivity index (χ0v) is 29.1. The van der Waals surface area contributed by atoms with E-state index in [1.165, 1.54) is 32.6 Å². The highest BCUT2D eigenvalue weighted by Gasteiger charge is 2.20. The summed E-state index contributed by atoms with van der Waals surface area (Å²) in [4.78, 5) is 15.5. The molecule has 3 heterocycles. The molecule has 5 heteroatoms. The molecule has 0 aliphatic rings. The molecule has 0 unspecified atom stereocenters. The summed E-state index contributed by atoms with van der Waals surface area (Å²) in [6.07, 6.45) is 0. The van der Waals surface area contributed by atoms with E-state index >= 15 is 0 Å². The van der Waals surface area contributed by atoms with Gasteiger partial charge in [-0.25, -0.2) is 15.0 Å². The lowest BCUT2D eigenvalue weighted by Gasteiger charge is -2.12. The second-order valence-corrected chi connectivity index (χ2v) is 13.6. The summed E-state index contributed by atoms with van der Waals surface area (Å²) in [5.74, 6) is 1.90. The average Bonchev–Trinajstić information content (AvgIpc) is 3.78. The van der Waals surface area contributed by atoms with Crippen LogP contribution >= 0.6 is 0 Å². The third kappa shape index (κ3) is 4.69. The second kappa shape index (κ2) is 12.1. The Morgan fingerprint density at radius 1 is 0.315 bits per heavy atom. The van der Waals surface area contributed by atoms with E-state index in [2.05, 4.69) is 179 Å². The minimum absolute atomic E-state index is 0.627. The second-order valence-electron chi connectivity index (χ2n) is 13.6. The number of aromatic nitrogens is 5. The van der Waals surface area contributed by atoms with Crippen LogP contribution in [0, 0.1) is 0 Å². The molecule has 3 aromatic heterocycles. The van der Waals surface area contributed by atoms with Gasteiger partial charge in [0.05, 0.1) is 22.1 Å². The molecule has 0 atom stereocenters. The summed E-state index contributed by atoms with van der Waals surface area (Å²) in [5, 5.41) is 7.19. The van der Waals surface area contributed by atoms with Gasteiger partial charge < -0.3 is 9.13 Å². The number of rotatable bonds is 5. The first kappa shape index (κ1) is 30.3. The summed E-state index contributed by atoms with van der Waals surface area (Å²) in [7, 11) is 0. The maximum absolute atomic E-state index is 5.23. The van der Waals surface area contributed by atoms with E-state index in [0.29, 0.717) is 17.5 Å². The smallest absolute Gasteiger partial charge is 0.164 e. The Balaban J connectivity index is 1.11. The first-order valence-corrected chi connectivity index (χ1v) is 18.2. The van der Waals surface area contributed by atoms with Crippen molar-refractivity contribution < 1.29 is 0 Å². The highest BCUT2D eigenvalue weighted by Crippen LogP contribution is 2.39. The predicted molar refractivity (Wildman–Crippen MR) is 222 cm³/mol. The molecule has 0 amide bonds. The highest BCUT2D eigenvalue weighted by molar-refractivity contribution is 6.19. The lowest BCUT2D eigenvalue weighted by Crippen LogP contribution is -2.01. The maximum atomic E-state index is 5.23. The van der Waals surface area contributed by atoms with Crippen molar-refractivity contribution >= 4 is 54.4 Å². The normalized spacial score (nSPS) is 11.7. The van der Waals surface area contributed by atoms with Crippen molar-refractivity contribution in [3.8, 4) is 45.5 Å². The zero-order valence-electron chi connectivity index (χ0n) is 29.1. The van der Waals surface area contributed by atoms with Crippen LogP contribution in [0.25, 0.3) is 99.9 Å². The maximum Gasteiger partial charge on any atom is 0.164 e. The quantitative estimate of drug-likeness (QED) is 0.181. The van der Waals surface area contributed by atoms with E-state index in [-0.39, 0.29) is 0 Å². The molecular weight excluding hydrogens is 659 g/mol. The Morgan fingerprint density at radius 3 is 1.63 bits per heavy atom. The van der Waals surface area contributed by atoms with Gasteiger partial charge in [0, 0.05) is 55.0 Å². The fourth-order valence-electron chi connectivity index (χ4n) is 8.16. The first-order chi connectivity index (χ1) is 26.8. The Labute approximate surface area is 311 Å². The van der Waals surface area contributed by atoms with Crippen molar-refractivity contribution in [2.75, 3.05) is 0 Å². The van der Waals surface area contributed by atoms with Gasteiger partial charge in [-0.3, -0.25) is 0 Å². The third-order valence-electron chi connectivity index (χ3n) is 10.6. The average molecular weight is 690 g/mol. The molecule has 0 saturated heterocycles. The Kier molecular flexibility index (Phi) is 6.79. The molecule has 0 aliphatic carbocycles. The van der Waals surface area contributed by atoms with Crippen molar-refractivity contribution in [1.82, 2.24) is 24.1 Å². The van der Waals surface area contributed by atoms with Crippen LogP contribution in [0.4, 0.5) is 0 Å². The molecule has 11 aromatic rings. The van der Waals surface area contributed by atoms with Crippen LogP contribution in [-0.4, -0.2) is 24.1 Å². The number of benzene rings is 8. The number of fused-ring (bicyclic) bond motifs is 8. The van der Waals surface area contributed by atoms with Gasteiger partial charge in [-0.2, -0.15) is 0 Å². The molecule has 0 bridgehead atoms. The summed E-state index contributed by atoms with van der Waals surface area (Å²) < 4.78 is 4.71. The van der Waals surface area contributed by atoms with Gasteiger partial charge in [0.25, 0.3) is 0 Å². The van der Waals surface area contributed by atoms with Gasteiger partial charge in [-0.1, -0.05) is 133 Å². The molecule has 0 spiro atoms. The SMILES string of the molecule is c1ccc(-c2nc(-c3ccc(-n4c5ccccc5c5ccc6ccccc6c54)cc3)nc(-c3cccc4c3c3ccccc3n4-c3ccccc3)n2)cc1. The summed E-state index contributed by atoms with van der Waals surface area (Å²) >= 11 is 0. The van der Waals surface area contributed by atoms with Crippen LogP contribution in [-0.2, 0) is 0 Å². The summed E-state index contributed by atoms with van der Waals surface area (Å²) in [6, 6.07) is 66.1. The zero-order chi connectivity index (χ0) is 35.6. The molecule has 0 radical (unpaired) electrons. The Bertz CT molecular complexity index is 3200. The van der Waals surface area contributed by atoms with E-state index in [4.69, 9.17) is 15.0 Å². The Hall–Kier alpha value is -7.37. The fraction of sp³-hybridized carbons (Fsp3) is 0. The van der Waals surface area contributed by atoms with Gasteiger partial charge in [0.1, 0.15) is 0 Å². The van der Waals surface area contributed by atoms with Crippen molar-refractivity contribution in [1.29, 1.82) is 0 Å². The number of para-hydroxylation sites is 3. The van der Waals surface area contributed by atoms with Crippen LogP contribution in [0.15, 0.2) is 188 Å². The van der Waals surface area contributed by atoms with Crippen molar-refractivity contribution in [3.63, 3.8) is 0 Å². The van der Waals surface area contributed by atoms with E-state index in [0.717, 1.165) is 49.9 Å². The molecule has 0 aliphatic heterocycles. The van der Waals surface area contributed by atoms with Crippen LogP contribution in [0.1, 0.15) is 0 Å². The van der Waals surface area contributed by atoms with E-state index in [1.807, 2.05) is 18.2 Å². The molecule has 5 nitrogen and oxygen atoms in total. The highest BCUT2D eigenvalue weighted by atomic mass is 15.0. The molecule has 252 valence electrons. The number of hydrogen-bond acceptors (Lipinski definition) is 3.